The lowest BCUT2D eigenvalue weighted by atomic mass is 10.1. The molecule has 1 aromatic heterocycles. The molecule has 1 heterocycles. The van der Waals surface area contributed by atoms with E-state index in [2.05, 4.69) is 5.16 Å². The van der Waals surface area contributed by atoms with Crippen molar-refractivity contribution >= 4 is 17.5 Å². The highest BCUT2D eigenvalue weighted by molar-refractivity contribution is 6.33. The summed E-state index contributed by atoms with van der Waals surface area (Å²) in [5, 5.41) is 4.76. The van der Waals surface area contributed by atoms with Crippen LogP contribution in [0.1, 0.15) is 10.4 Å². The number of aromatic nitrogens is 1. The summed E-state index contributed by atoms with van der Waals surface area (Å²) in [6.07, 6.45) is 1.12. The number of carbonyl (C=O) groups is 1. The zero-order valence-corrected chi connectivity index (χ0v) is 10.9. The summed E-state index contributed by atoms with van der Waals surface area (Å²) in [7, 11) is 2.75. The van der Waals surface area contributed by atoms with E-state index in [0.29, 0.717) is 0 Å². The molecule has 0 fully saturated rings. The molecule has 1 aromatic carbocycles. The molecule has 1 amide bonds. The van der Waals surface area contributed by atoms with E-state index in [1.807, 2.05) is 0 Å². The van der Waals surface area contributed by atoms with Crippen LogP contribution in [0.2, 0.25) is 5.02 Å². The average Bonchev–Trinajstić information content (AvgIpc) is 2.85. The molecule has 0 bridgehead atoms. The lowest BCUT2D eigenvalue weighted by Crippen LogP contribution is -2.25. The van der Waals surface area contributed by atoms with Gasteiger partial charge in [-0.15, -0.1) is 0 Å². The molecule has 5 nitrogen and oxygen atoms in total. The molecule has 0 saturated carbocycles. The van der Waals surface area contributed by atoms with Crippen molar-refractivity contribution in [2.45, 2.75) is 0 Å². The Balaban J connectivity index is 2.54. The zero-order valence-electron chi connectivity index (χ0n) is 10.2. The highest BCUT2D eigenvalue weighted by Crippen LogP contribution is 2.32. The second kappa shape index (κ2) is 5.38. The molecule has 100 valence electrons. The molecule has 0 atom stereocenters. The fraction of sp³-hybridized carbons (Fsp3) is 0.167. The molecule has 0 aliphatic rings. The number of carbonyl (C=O) groups excluding carboxylic acids is 1. The van der Waals surface area contributed by atoms with Crippen molar-refractivity contribution < 1.29 is 18.5 Å². The minimum atomic E-state index is -0.587. The van der Waals surface area contributed by atoms with E-state index in [9.17, 15) is 9.18 Å². The van der Waals surface area contributed by atoms with Gasteiger partial charge in [-0.3, -0.25) is 9.63 Å². The number of rotatable bonds is 3. The van der Waals surface area contributed by atoms with Crippen LogP contribution in [0, 0.1) is 5.82 Å². The predicted molar refractivity (Wildman–Crippen MR) is 66.0 cm³/mol. The number of benzene rings is 1. The fourth-order valence-electron chi connectivity index (χ4n) is 1.55. The van der Waals surface area contributed by atoms with Gasteiger partial charge in [-0.05, 0) is 12.1 Å². The van der Waals surface area contributed by atoms with Gasteiger partial charge in [0, 0.05) is 7.05 Å². The summed E-state index contributed by atoms with van der Waals surface area (Å²) in [6, 6.07) is 4.19. The van der Waals surface area contributed by atoms with E-state index in [4.69, 9.17) is 21.0 Å². The first-order valence-electron chi connectivity index (χ1n) is 5.27. The Morgan fingerprint density at radius 1 is 1.53 bits per heavy atom. The summed E-state index contributed by atoms with van der Waals surface area (Å²) in [5.41, 5.74) is 0.124. The third-order valence-electron chi connectivity index (χ3n) is 2.56. The van der Waals surface area contributed by atoms with Gasteiger partial charge in [0.2, 0.25) is 0 Å². The van der Waals surface area contributed by atoms with Crippen molar-refractivity contribution in [3.63, 3.8) is 0 Å². The molecule has 2 rings (SSSR count). The summed E-state index contributed by atoms with van der Waals surface area (Å²) in [4.78, 5) is 16.8. The van der Waals surface area contributed by atoms with E-state index in [-0.39, 0.29) is 21.8 Å². The Hall–Kier alpha value is -1.92. The Kier molecular flexibility index (Phi) is 3.82. The second-order valence-electron chi connectivity index (χ2n) is 3.66. The van der Waals surface area contributed by atoms with Gasteiger partial charge in [-0.1, -0.05) is 22.8 Å². The summed E-state index contributed by atoms with van der Waals surface area (Å²) in [5.74, 6) is -1.10. The Morgan fingerprint density at radius 3 is 2.89 bits per heavy atom. The standard InChI is InChI=1S/C12H10ClFN2O3/c1-16(18-2)12(17)7-6-19-15-11(7)10-8(13)4-3-5-9(10)14/h3-6H,1-2H3. The van der Waals surface area contributed by atoms with Crippen LogP contribution in [0.25, 0.3) is 11.3 Å². The monoisotopic (exact) mass is 284 g/mol. The Bertz CT molecular complexity index is 595. The molecule has 0 aliphatic carbocycles. The summed E-state index contributed by atoms with van der Waals surface area (Å²) < 4.78 is 18.6. The highest BCUT2D eigenvalue weighted by Gasteiger charge is 2.24. The van der Waals surface area contributed by atoms with Crippen LogP contribution in [-0.4, -0.2) is 30.3 Å². The maximum absolute atomic E-state index is 13.8. The molecule has 0 aliphatic heterocycles. The smallest absolute Gasteiger partial charge is 0.282 e. The first-order chi connectivity index (χ1) is 9.06. The van der Waals surface area contributed by atoms with Crippen LogP contribution in [0.4, 0.5) is 4.39 Å². The number of hydrogen-bond acceptors (Lipinski definition) is 4. The quantitative estimate of drug-likeness (QED) is 0.813. The SMILES string of the molecule is CON(C)C(=O)c1conc1-c1c(F)cccc1Cl. The molecule has 7 heteroatoms. The van der Waals surface area contributed by atoms with Crippen LogP contribution < -0.4 is 0 Å². The molecule has 0 spiro atoms. The lowest BCUT2D eigenvalue weighted by Gasteiger charge is -2.13. The van der Waals surface area contributed by atoms with Crippen molar-refractivity contribution in [2.24, 2.45) is 0 Å². The first kappa shape index (κ1) is 13.5. The van der Waals surface area contributed by atoms with Crippen LogP contribution in [-0.2, 0) is 4.84 Å². The molecular formula is C12H10ClFN2O3. The second-order valence-corrected chi connectivity index (χ2v) is 4.07. The first-order valence-corrected chi connectivity index (χ1v) is 5.65. The van der Waals surface area contributed by atoms with Crippen molar-refractivity contribution in [2.75, 3.05) is 14.2 Å². The Morgan fingerprint density at radius 2 is 2.26 bits per heavy atom. The van der Waals surface area contributed by atoms with Gasteiger partial charge >= 0.3 is 0 Å². The molecule has 19 heavy (non-hydrogen) atoms. The minimum absolute atomic E-state index is 0.0192. The molecule has 2 aromatic rings. The maximum Gasteiger partial charge on any atom is 0.282 e. The average molecular weight is 285 g/mol. The fourth-order valence-corrected chi connectivity index (χ4v) is 1.80. The van der Waals surface area contributed by atoms with Crippen molar-refractivity contribution in [1.29, 1.82) is 0 Å². The molecule has 0 saturated heterocycles. The zero-order chi connectivity index (χ0) is 14.0. The number of halogens is 2. The summed E-state index contributed by atoms with van der Waals surface area (Å²) >= 11 is 5.93. The van der Waals surface area contributed by atoms with Crippen molar-refractivity contribution in [3.8, 4) is 11.3 Å². The lowest BCUT2D eigenvalue weighted by molar-refractivity contribution is -0.0756. The third kappa shape index (κ3) is 2.45. The molecule has 0 radical (unpaired) electrons. The van der Waals surface area contributed by atoms with E-state index >= 15 is 0 Å². The number of hydrogen-bond donors (Lipinski definition) is 0. The number of amides is 1. The Labute approximate surface area is 113 Å². The van der Waals surface area contributed by atoms with Gasteiger partial charge in [0.25, 0.3) is 5.91 Å². The highest BCUT2D eigenvalue weighted by atomic mass is 35.5. The van der Waals surface area contributed by atoms with Gasteiger partial charge in [0.1, 0.15) is 23.3 Å². The van der Waals surface area contributed by atoms with E-state index in [0.717, 1.165) is 11.3 Å². The molecular weight excluding hydrogens is 275 g/mol. The summed E-state index contributed by atoms with van der Waals surface area (Å²) in [6.45, 7) is 0. The van der Waals surface area contributed by atoms with Crippen molar-refractivity contribution in [1.82, 2.24) is 10.2 Å². The van der Waals surface area contributed by atoms with Crippen molar-refractivity contribution in [3.05, 3.63) is 40.9 Å². The van der Waals surface area contributed by atoms with E-state index < -0.39 is 11.7 Å². The maximum atomic E-state index is 13.8. The van der Waals surface area contributed by atoms with E-state index in [1.54, 1.807) is 0 Å². The largest absolute Gasteiger partial charge is 0.363 e. The van der Waals surface area contributed by atoms with Gasteiger partial charge in [0.15, 0.2) is 0 Å². The molecule has 0 N–H and O–H groups in total. The van der Waals surface area contributed by atoms with E-state index in [1.165, 1.54) is 32.4 Å². The van der Waals surface area contributed by atoms with Gasteiger partial charge in [0.05, 0.1) is 17.7 Å². The van der Waals surface area contributed by atoms with Crippen LogP contribution >= 0.6 is 11.6 Å². The normalized spacial score (nSPS) is 10.5. The number of hydroxylamine groups is 2. The van der Waals surface area contributed by atoms with Crippen LogP contribution in [0.5, 0.6) is 0 Å². The van der Waals surface area contributed by atoms with Crippen LogP contribution in [0.3, 0.4) is 0 Å². The van der Waals surface area contributed by atoms with Gasteiger partial charge in [-0.25, -0.2) is 9.45 Å². The van der Waals surface area contributed by atoms with Crippen LogP contribution in [0.15, 0.2) is 29.0 Å². The molecule has 0 unspecified atom stereocenters. The third-order valence-corrected chi connectivity index (χ3v) is 2.87. The topological polar surface area (TPSA) is 55.6 Å². The predicted octanol–water partition coefficient (Wildman–Crippen LogP) is 2.77. The van der Waals surface area contributed by atoms with Gasteiger partial charge in [-0.2, -0.15) is 0 Å². The van der Waals surface area contributed by atoms with Gasteiger partial charge < -0.3 is 4.52 Å². The minimum Gasteiger partial charge on any atom is -0.363 e. The number of nitrogens with zero attached hydrogens (tertiary/aromatic N) is 2.